The van der Waals surface area contributed by atoms with Crippen molar-refractivity contribution in [1.82, 2.24) is 5.32 Å². The van der Waals surface area contributed by atoms with Crippen LogP contribution >= 0.6 is 0 Å². The minimum absolute atomic E-state index is 0.241. The van der Waals surface area contributed by atoms with Crippen LogP contribution in [0.1, 0.15) is 12.5 Å². The van der Waals surface area contributed by atoms with E-state index in [1.54, 1.807) is 12.1 Å². The van der Waals surface area contributed by atoms with Gasteiger partial charge in [-0.1, -0.05) is 19.1 Å². The minimum atomic E-state index is -0.402. The molecule has 1 rings (SSSR count). The molecule has 0 saturated heterocycles. The second-order valence-electron chi connectivity index (χ2n) is 3.29. The van der Waals surface area contributed by atoms with Gasteiger partial charge in [0.25, 0.3) is 0 Å². The molecule has 1 atom stereocenters. The molecule has 0 spiro atoms. The lowest BCUT2D eigenvalue weighted by Gasteiger charge is -2.10. The smallest absolute Gasteiger partial charge is 0.123 e. The summed E-state index contributed by atoms with van der Waals surface area (Å²) in [6.07, 6.45) is 0.160. The second-order valence-corrected chi connectivity index (χ2v) is 3.29. The molecule has 0 aliphatic heterocycles. The van der Waals surface area contributed by atoms with Crippen LogP contribution in [0.4, 0.5) is 4.39 Å². The van der Waals surface area contributed by atoms with E-state index in [0.717, 1.165) is 12.1 Å². The molecule has 1 aromatic carbocycles. The Morgan fingerprint density at radius 3 is 2.57 bits per heavy atom. The Bertz CT molecular complexity index is 260. The zero-order chi connectivity index (χ0) is 10.4. The van der Waals surface area contributed by atoms with Gasteiger partial charge in [-0.05, 0) is 30.7 Å². The third kappa shape index (κ3) is 3.85. The van der Waals surface area contributed by atoms with E-state index in [1.165, 1.54) is 12.1 Å². The lowest BCUT2D eigenvalue weighted by atomic mass is 10.1. The van der Waals surface area contributed by atoms with E-state index in [9.17, 15) is 9.50 Å². The number of hydrogen-bond donors (Lipinski definition) is 2. The predicted molar refractivity (Wildman–Crippen MR) is 54.7 cm³/mol. The third-order valence-electron chi connectivity index (χ3n) is 2.01. The molecular weight excluding hydrogens is 181 g/mol. The quantitative estimate of drug-likeness (QED) is 0.746. The molecule has 78 valence electrons. The van der Waals surface area contributed by atoms with E-state index < -0.39 is 6.10 Å². The molecule has 0 fully saturated rings. The van der Waals surface area contributed by atoms with Gasteiger partial charge in [-0.25, -0.2) is 4.39 Å². The fraction of sp³-hybridized carbons (Fsp3) is 0.455. The number of nitrogens with one attached hydrogen (secondary N) is 1. The Labute approximate surface area is 83.8 Å². The number of aliphatic hydroxyl groups is 1. The fourth-order valence-corrected chi connectivity index (χ4v) is 1.28. The molecule has 0 heterocycles. The van der Waals surface area contributed by atoms with Crippen molar-refractivity contribution >= 4 is 0 Å². The van der Waals surface area contributed by atoms with Crippen LogP contribution in [0.15, 0.2) is 24.3 Å². The van der Waals surface area contributed by atoms with Crippen LogP contribution in [-0.2, 0) is 6.42 Å². The number of likely N-dealkylation sites (N-methyl/N-ethyl adjacent to an activating group) is 1. The molecule has 2 N–H and O–H groups in total. The highest BCUT2D eigenvalue weighted by Crippen LogP contribution is 2.05. The zero-order valence-electron chi connectivity index (χ0n) is 8.33. The molecule has 0 aromatic heterocycles. The van der Waals surface area contributed by atoms with Crippen LogP contribution in [0.5, 0.6) is 0 Å². The third-order valence-corrected chi connectivity index (χ3v) is 2.01. The zero-order valence-corrected chi connectivity index (χ0v) is 8.33. The van der Waals surface area contributed by atoms with E-state index in [4.69, 9.17) is 0 Å². The summed E-state index contributed by atoms with van der Waals surface area (Å²) in [6.45, 7) is 3.42. The molecular formula is C11H16FNO. The second kappa shape index (κ2) is 5.73. The highest BCUT2D eigenvalue weighted by Gasteiger charge is 2.04. The lowest BCUT2D eigenvalue weighted by molar-refractivity contribution is 0.172. The molecule has 0 bridgehead atoms. The molecule has 0 saturated carbocycles. The Morgan fingerprint density at radius 2 is 2.00 bits per heavy atom. The Morgan fingerprint density at radius 1 is 1.36 bits per heavy atom. The summed E-state index contributed by atoms with van der Waals surface area (Å²) in [5, 5.41) is 12.6. The summed E-state index contributed by atoms with van der Waals surface area (Å²) < 4.78 is 12.6. The van der Waals surface area contributed by atoms with Crippen LogP contribution in [0.2, 0.25) is 0 Å². The summed E-state index contributed by atoms with van der Waals surface area (Å²) >= 11 is 0. The van der Waals surface area contributed by atoms with Crippen LogP contribution in [0.25, 0.3) is 0 Å². The summed E-state index contributed by atoms with van der Waals surface area (Å²) in [7, 11) is 0. The van der Waals surface area contributed by atoms with Gasteiger partial charge in [-0.3, -0.25) is 0 Å². The highest BCUT2D eigenvalue weighted by molar-refractivity contribution is 5.16. The Kier molecular flexibility index (Phi) is 4.56. The van der Waals surface area contributed by atoms with Crippen molar-refractivity contribution in [3.05, 3.63) is 35.6 Å². The Balaban J connectivity index is 2.39. The van der Waals surface area contributed by atoms with Crippen molar-refractivity contribution in [1.29, 1.82) is 0 Å². The number of aliphatic hydroxyl groups excluding tert-OH is 1. The van der Waals surface area contributed by atoms with Crippen LogP contribution < -0.4 is 5.32 Å². The lowest BCUT2D eigenvalue weighted by Crippen LogP contribution is -2.28. The van der Waals surface area contributed by atoms with Crippen molar-refractivity contribution in [2.75, 3.05) is 13.1 Å². The van der Waals surface area contributed by atoms with Gasteiger partial charge in [-0.15, -0.1) is 0 Å². The summed E-state index contributed by atoms with van der Waals surface area (Å²) in [6, 6.07) is 6.22. The van der Waals surface area contributed by atoms with E-state index in [0.29, 0.717) is 13.0 Å². The molecule has 1 unspecified atom stereocenters. The molecule has 1 aromatic rings. The fourth-order valence-electron chi connectivity index (χ4n) is 1.28. The van der Waals surface area contributed by atoms with Gasteiger partial charge in [0.1, 0.15) is 5.82 Å². The van der Waals surface area contributed by atoms with Crippen LogP contribution in [0, 0.1) is 5.82 Å². The minimum Gasteiger partial charge on any atom is -0.391 e. The highest BCUT2D eigenvalue weighted by atomic mass is 19.1. The molecule has 14 heavy (non-hydrogen) atoms. The van der Waals surface area contributed by atoms with Crippen molar-refractivity contribution < 1.29 is 9.50 Å². The number of benzene rings is 1. The van der Waals surface area contributed by atoms with Gasteiger partial charge in [0.2, 0.25) is 0 Å². The van der Waals surface area contributed by atoms with Gasteiger partial charge < -0.3 is 10.4 Å². The molecule has 0 aliphatic carbocycles. The predicted octanol–water partition coefficient (Wildman–Crippen LogP) is 1.34. The molecule has 2 nitrogen and oxygen atoms in total. The van der Waals surface area contributed by atoms with Gasteiger partial charge in [0, 0.05) is 6.54 Å². The number of rotatable bonds is 5. The molecule has 0 radical (unpaired) electrons. The number of hydrogen-bond acceptors (Lipinski definition) is 2. The first kappa shape index (κ1) is 11.1. The largest absolute Gasteiger partial charge is 0.391 e. The average Bonchev–Trinajstić information content (AvgIpc) is 2.18. The SMILES string of the molecule is CCNCC(O)Cc1ccc(F)cc1. The van der Waals surface area contributed by atoms with E-state index >= 15 is 0 Å². The topological polar surface area (TPSA) is 32.3 Å². The van der Waals surface area contributed by atoms with Crippen LogP contribution in [0.3, 0.4) is 0 Å². The van der Waals surface area contributed by atoms with Crippen molar-refractivity contribution in [2.45, 2.75) is 19.4 Å². The first-order valence-corrected chi connectivity index (χ1v) is 4.85. The monoisotopic (exact) mass is 197 g/mol. The van der Waals surface area contributed by atoms with E-state index in [2.05, 4.69) is 5.32 Å². The van der Waals surface area contributed by atoms with Crippen molar-refractivity contribution in [3.63, 3.8) is 0 Å². The average molecular weight is 197 g/mol. The first-order valence-electron chi connectivity index (χ1n) is 4.85. The Hall–Kier alpha value is -0.930. The maximum Gasteiger partial charge on any atom is 0.123 e. The maximum atomic E-state index is 12.6. The van der Waals surface area contributed by atoms with Gasteiger partial charge in [-0.2, -0.15) is 0 Å². The number of halogens is 1. The molecule has 0 amide bonds. The van der Waals surface area contributed by atoms with Crippen molar-refractivity contribution in [3.8, 4) is 0 Å². The summed E-state index contributed by atoms with van der Waals surface area (Å²) in [5.41, 5.74) is 0.955. The van der Waals surface area contributed by atoms with Gasteiger partial charge in [0.05, 0.1) is 6.10 Å². The summed E-state index contributed by atoms with van der Waals surface area (Å²) in [5.74, 6) is -0.241. The van der Waals surface area contributed by atoms with E-state index in [-0.39, 0.29) is 5.82 Å². The maximum absolute atomic E-state index is 12.6. The normalized spacial score (nSPS) is 12.8. The van der Waals surface area contributed by atoms with Gasteiger partial charge >= 0.3 is 0 Å². The van der Waals surface area contributed by atoms with E-state index in [1.807, 2.05) is 6.92 Å². The standard InChI is InChI=1S/C11H16FNO/c1-2-13-8-11(14)7-9-3-5-10(12)6-4-9/h3-6,11,13-14H,2,7-8H2,1H3. The van der Waals surface area contributed by atoms with Crippen molar-refractivity contribution in [2.24, 2.45) is 0 Å². The molecule has 3 heteroatoms. The molecule has 0 aliphatic rings. The first-order chi connectivity index (χ1) is 6.72. The summed E-state index contributed by atoms with van der Waals surface area (Å²) in [4.78, 5) is 0. The van der Waals surface area contributed by atoms with Gasteiger partial charge in [0.15, 0.2) is 0 Å². The van der Waals surface area contributed by atoms with Crippen LogP contribution in [-0.4, -0.2) is 24.3 Å².